The van der Waals surface area contributed by atoms with Gasteiger partial charge in [-0.05, 0) is 11.1 Å². The van der Waals surface area contributed by atoms with Gasteiger partial charge < -0.3 is 0 Å². The molecule has 0 spiro atoms. The summed E-state index contributed by atoms with van der Waals surface area (Å²) in [6.07, 6.45) is 0.766. The average Bonchev–Trinajstić information content (AvgIpc) is 2.39. The lowest BCUT2D eigenvalue weighted by Crippen LogP contribution is -2.08. The summed E-state index contributed by atoms with van der Waals surface area (Å²) in [7, 11) is 0. The zero-order valence-electron chi connectivity index (χ0n) is 9.85. The maximum atomic E-state index is 12.0. The monoisotopic (exact) mass is 236 g/mol. The molecule has 0 aromatic heterocycles. The number of carbonyl (C=O) groups excluding carboxylic acids is 2. The summed E-state index contributed by atoms with van der Waals surface area (Å²) >= 11 is 0. The normalized spacial score (nSPS) is 14.4. The van der Waals surface area contributed by atoms with Crippen molar-refractivity contribution in [1.29, 1.82) is 0 Å². The van der Waals surface area contributed by atoms with Crippen molar-refractivity contribution in [3.05, 3.63) is 70.8 Å². The number of Topliss-reactive ketones (excluding diaryl/α,β-unsaturated/α-hetero) is 2. The number of ketones is 2. The van der Waals surface area contributed by atoms with Crippen LogP contribution < -0.4 is 0 Å². The smallest absolute Gasteiger partial charge is 0.167 e. The molecule has 6 rings (SSSR count). The van der Waals surface area contributed by atoms with Gasteiger partial charge in [-0.25, -0.2) is 0 Å². The number of carbonyl (C=O) groups is 2. The summed E-state index contributed by atoms with van der Waals surface area (Å²) in [5, 5.41) is 0. The Kier molecular flexibility index (Phi) is 2.56. The second kappa shape index (κ2) is 4.22. The molecule has 0 heterocycles. The van der Waals surface area contributed by atoms with Crippen LogP contribution in [0.4, 0.5) is 0 Å². The van der Waals surface area contributed by atoms with E-state index in [1.165, 1.54) is 0 Å². The lowest BCUT2D eigenvalue weighted by molar-refractivity contribution is 0.0988. The van der Waals surface area contributed by atoms with Crippen molar-refractivity contribution in [3.8, 4) is 0 Å². The predicted molar refractivity (Wildman–Crippen MR) is 69.0 cm³/mol. The first-order chi connectivity index (χ1) is 8.72. The topological polar surface area (TPSA) is 34.1 Å². The molecule has 4 bridgehead atoms. The maximum absolute atomic E-state index is 12.0. The van der Waals surface area contributed by atoms with Gasteiger partial charge in [0.1, 0.15) is 0 Å². The minimum absolute atomic E-state index is 0.112. The number of hydrogen-bond donors (Lipinski definition) is 0. The first-order valence-corrected chi connectivity index (χ1v) is 5.97. The predicted octanol–water partition coefficient (Wildman–Crippen LogP) is 2.85. The standard InChI is InChI=1S/C16H12O2/c17-15-9-11-1-5-13(6-2-11)16(18)10-12-3-7-14(15)8-4-12/h1-8H,9-10H2. The van der Waals surface area contributed by atoms with Gasteiger partial charge in [-0.15, -0.1) is 0 Å². The van der Waals surface area contributed by atoms with E-state index < -0.39 is 0 Å². The first kappa shape index (κ1) is 10.9. The van der Waals surface area contributed by atoms with Gasteiger partial charge in [-0.2, -0.15) is 0 Å². The van der Waals surface area contributed by atoms with Crippen LogP contribution >= 0.6 is 0 Å². The van der Waals surface area contributed by atoms with Crippen LogP contribution in [0, 0.1) is 0 Å². The van der Waals surface area contributed by atoms with E-state index in [1.54, 1.807) is 24.3 Å². The van der Waals surface area contributed by atoms with E-state index >= 15 is 0 Å². The molecule has 0 N–H and O–H groups in total. The molecular weight excluding hydrogens is 224 g/mol. The molecule has 2 heteroatoms. The molecule has 18 heavy (non-hydrogen) atoms. The van der Waals surface area contributed by atoms with E-state index in [9.17, 15) is 9.59 Å². The van der Waals surface area contributed by atoms with Crippen LogP contribution in [0.1, 0.15) is 31.8 Å². The van der Waals surface area contributed by atoms with Gasteiger partial charge in [0.05, 0.1) is 0 Å². The van der Waals surface area contributed by atoms with Crippen LogP contribution in [0.25, 0.3) is 0 Å². The van der Waals surface area contributed by atoms with Crippen molar-refractivity contribution in [3.63, 3.8) is 0 Å². The van der Waals surface area contributed by atoms with Crippen LogP contribution in [0.3, 0.4) is 0 Å². The Morgan fingerprint density at radius 3 is 1.22 bits per heavy atom. The number of rotatable bonds is 0. The van der Waals surface area contributed by atoms with Gasteiger partial charge in [-0.1, -0.05) is 48.5 Å². The molecule has 4 aliphatic rings. The van der Waals surface area contributed by atoms with E-state index in [1.807, 2.05) is 24.3 Å². The Hall–Kier alpha value is -2.22. The summed E-state index contributed by atoms with van der Waals surface area (Å²) in [4.78, 5) is 24.1. The van der Waals surface area contributed by atoms with Crippen LogP contribution in [0.5, 0.6) is 0 Å². The van der Waals surface area contributed by atoms with E-state index in [-0.39, 0.29) is 11.6 Å². The summed E-state index contributed by atoms with van der Waals surface area (Å²) < 4.78 is 0. The highest BCUT2D eigenvalue weighted by atomic mass is 16.1. The third kappa shape index (κ3) is 1.97. The maximum Gasteiger partial charge on any atom is 0.167 e. The largest absolute Gasteiger partial charge is 0.294 e. The van der Waals surface area contributed by atoms with Crippen molar-refractivity contribution < 1.29 is 9.59 Å². The van der Waals surface area contributed by atoms with Gasteiger partial charge in [0.2, 0.25) is 0 Å². The molecule has 4 aliphatic carbocycles. The zero-order chi connectivity index (χ0) is 12.5. The third-order valence-corrected chi connectivity index (χ3v) is 3.28. The van der Waals surface area contributed by atoms with Crippen LogP contribution in [0.2, 0.25) is 0 Å². The second-order valence-electron chi connectivity index (χ2n) is 4.59. The molecule has 0 unspecified atom stereocenters. The van der Waals surface area contributed by atoms with E-state index in [4.69, 9.17) is 0 Å². The zero-order valence-corrected chi connectivity index (χ0v) is 9.85. The summed E-state index contributed by atoms with van der Waals surface area (Å²) in [5.74, 6) is 0.224. The Morgan fingerprint density at radius 1 is 0.556 bits per heavy atom. The van der Waals surface area contributed by atoms with Crippen LogP contribution in [-0.2, 0) is 12.8 Å². The molecule has 2 nitrogen and oxygen atoms in total. The molecule has 0 radical (unpaired) electrons. The number of benzene rings is 2. The molecule has 0 saturated heterocycles. The highest BCUT2D eigenvalue weighted by Crippen LogP contribution is 2.15. The molecule has 2 aromatic rings. The van der Waals surface area contributed by atoms with Gasteiger partial charge in [0, 0.05) is 24.0 Å². The molecule has 0 atom stereocenters. The second-order valence-corrected chi connectivity index (χ2v) is 4.59. The lowest BCUT2D eigenvalue weighted by Gasteiger charge is -2.08. The Bertz CT molecular complexity index is 549. The first-order valence-electron chi connectivity index (χ1n) is 5.97. The van der Waals surface area contributed by atoms with E-state index in [0.717, 1.165) is 11.1 Å². The summed E-state index contributed by atoms with van der Waals surface area (Å²) in [5.41, 5.74) is 3.30. The Balaban J connectivity index is 2.11. The van der Waals surface area contributed by atoms with Gasteiger partial charge >= 0.3 is 0 Å². The molecule has 0 amide bonds. The highest BCUT2D eigenvalue weighted by molar-refractivity contribution is 6.00. The Labute approximate surface area is 105 Å². The van der Waals surface area contributed by atoms with Crippen molar-refractivity contribution in [2.75, 3.05) is 0 Å². The van der Waals surface area contributed by atoms with E-state index in [0.29, 0.717) is 24.0 Å². The highest BCUT2D eigenvalue weighted by Gasteiger charge is 2.12. The lowest BCUT2D eigenvalue weighted by atomic mass is 9.95. The van der Waals surface area contributed by atoms with Gasteiger partial charge in [-0.3, -0.25) is 9.59 Å². The quantitative estimate of drug-likeness (QED) is 0.704. The fourth-order valence-corrected chi connectivity index (χ4v) is 2.19. The molecule has 88 valence electrons. The van der Waals surface area contributed by atoms with Crippen LogP contribution in [-0.4, -0.2) is 11.6 Å². The minimum Gasteiger partial charge on any atom is -0.294 e. The summed E-state index contributed by atoms with van der Waals surface area (Å²) in [6, 6.07) is 14.7. The molecule has 0 aliphatic heterocycles. The molecule has 0 fully saturated rings. The number of hydrogen-bond acceptors (Lipinski definition) is 2. The third-order valence-electron chi connectivity index (χ3n) is 3.28. The van der Waals surface area contributed by atoms with Crippen molar-refractivity contribution in [1.82, 2.24) is 0 Å². The average molecular weight is 236 g/mol. The minimum atomic E-state index is 0.112. The fraction of sp³-hybridized carbons (Fsp3) is 0.125. The summed E-state index contributed by atoms with van der Waals surface area (Å²) in [6.45, 7) is 0. The van der Waals surface area contributed by atoms with Crippen molar-refractivity contribution >= 4 is 11.6 Å². The van der Waals surface area contributed by atoms with Crippen molar-refractivity contribution in [2.45, 2.75) is 12.8 Å². The fourth-order valence-electron chi connectivity index (χ4n) is 2.19. The van der Waals surface area contributed by atoms with Gasteiger partial charge in [0.15, 0.2) is 11.6 Å². The molecular formula is C16H12O2. The SMILES string of the molecule is O=C1Cc2ccc(cc2)C(=O)Cc2ccc1cc2. The molecule has 2 aromatic carbocycles. The van der Waals surface area contributed by atoms with E-state index in [2.05, 4.69) is 0 Å². The van der Waals surface area contributed by atoms with Crippen molar-refractivity contribution in [2.24, 2.45) is 0 Å². The Morgan fingerprint density at radius 2 is 0.889 bits per heavy atom. The molecule has 0 saturated carbocycles. The van der Waals surface area contributed by atoms with Crippen LogP contribution in [0.15, 0.2) is 48.5 Å². The van der Waals surface area contributed by atoms with Gasteiger partial charge in [0.25, 0.3) is 0 Å².